The van der Waals surface area contributed by atoms with E-state index in [1.807, 2.05) is 0 Å². The number of piperidine rings is 1. The van der Waals surface area contributed by atoms with E-state index in [2.05, 4.69) is 10.2 Å². The molecule has 86 valence electrons. The summed E-state index contributed by atoms with van der Waals surface area (Å²) in [6.07, 6.45) is 1.24. The summed E-state index contributed by atoms with van der Waals surface area (Å²) in [4.78, 5) is 13.0. The lowest BCUT2D eigenvalue weighted by Crippen LogP contribution is -2.50. The van der Waals surface area contributed by atoms with Gasteiger partial charge in [-0.3, -0.25) is 0 Å². The zero-order valence-corrected chi connectivity index (χ0v) is 8.95. The summed E-state index contributed by atoms with van der Waals surface area (Å²) in [5.41, 5.74) is 4.99. The average Bonchev–Trinajstić information content (AvgIpc) is 2.13. The minimum Gasteiger partial charge on any atom is -0.446 e. The molecule has 0 spiro atoms. The largest absolute Gasteiger partial charge is 0.446 e. The number of carbonyl (C=O) groups excluding carboxylic acids is 1. The fourth-order valence-electron chi connectivity index (χ4n) is 2.22. The molecule has 0 aromatic rings. The predicted molar refractivity (Wildman–Crippen MR) is 56.5 cm³/mol. The third-order valence-corrected chi connectivity index (χ3v) is 3.20. The molecular formula is C10H19N3O2. The molecule has 0 bridgehead atoms. The number of ether oxygens (including phenoxy) is 1. The molecule has 1 amide bonds. The van der Waals surface area contributed by atoms with Crippen molar-refractivity contribution in [2.24, 2.45) is 11.7 Å². The second-order valence-corrected chi connectivity index (χ2v) is 4.46. The van der Waals surface area contributed by atoms with Crippen LogP contribution < -0.4 is 11.1 Å². The van der Waals surface area contributed by atoms with Gasteiger partial charge in [0.1, 0.15) is 6.10 Å². The molecule has 0 unspecified atom stereocenters. The Kier molecular flexibility index (Phi) is 3.43. The normalized spacial score (nSPS) is 24.8. The number of primary amides is 1. The Bertz CT molecular complexity index is 223. The number of hydrogen-bond donors (Lipinski definition) is 2. The Balaban J connectivity index is 1.64. The van der Waals surface area contributed by atoms with E-state index < -0.39 is 6.09 Å². The molecule has 0 atom stereocenters. The van der Waals surface area contributed by atoms with Crippen molar-refractivity contribution in [3.8, 4) is 0 Å². The van der Waals surface area contributed by atoms with E-state index in [1.54, 1.807) is 0 Å². The molecule has 0 aromatic heterocycles. The number of nitrogens with zero attached hydrogens (tertiary/aromatic N) is 1. The van der Waals surface area contributed by atoms with E-state index in [0.717, 1.165) is 44.9 Å². The van der Waals surface area contributed by atoms with Gasteiger partial charge in [-0.1, -0.05) is 0 Å². The van der Waals surface area contributed by atoms with Crippen molar-refractivity contribution >= 4 is 6.09 Å². The van der Waals surface area contributed by atoms with Gasteiger partial charge in [0.15, 0.2) is 0 Å². The fourth-order valence-corrected chi connectivity index (χ4v) is 2.22. The summed E-state index contributed by atoms with van der Waals surface area (Å²) < 4.78 is 4.98. The molecule has 0 aliphatic carbocycles. The quantitative estimate of drug-likeness (QED) is 0.679. The molecule has 0 saturated carbocycles. The van der Waals surface area contributed by atoms with Crippen molar-refractivity contribution in [1.29, 1.82) is 0 Å². The maximum atomic E-state index is 10.6. The molecule has 0 aromatic carbocycles. The molecule has 0 radical (unpaired) electrons. The Hall–Kier alpha value is -0.810. The standard InChI is InChI=1S/C10H19N3O2/c11-10(14)15-9-1-3-13(4-2-9)7-8-5-12-6-8/h8-9,12H,1-7H2,(H2,11,14). The van der Waals surface area contributed by atoms with Crippen molar-refractivity contribution in [3.05, 3.63) is 0 Å². The highest BCUT2D eigenvalue weighted by Crippen LogP contribution is 2.16. The van der Waals surface area contributed by atoms with Crippen molar-refractivity contribution in [2.75, 3.05) is 32.7 Å². The first-order chi connectivity index (χ1) is 7.24. The Morgan fingerprint density at radius 3 is 2.53 bits per heavy atom. The fraction of sp³-hybridized carbons (Fsp3) is 0.900. The van der Waals surface area contributed by atoms with E-state index in [0.29, 0.717) is 0 Å². The number of carbonyl (C=O) groups is 1. The SMILES string of the molecule is NC(=O)OC1CCN(CC2CNC2)CC1. The summed E-state index contributed by atoms with van der Waals surface area (Å²) >= 11 is 0. The average molecular weight is 213 g/mol. The van der Waals surface area contributed by atoms with Crippen LogP contribution in [0.25, 0.3) is 0 Å². The van der Waals surface area contributed by atoms with Gasteiger partial charge in [0.05, 0.1) is 0 Å². The van der Waals surface area contributed by atoms with Crippen molar-refractivity contribution in [1.82, 2.24) is 10.2 Å². The topological polar surface area (TPSA) is 67.6 Å². The van der Waals surface area contributed by atoms with Crippen molar-refractivity contribution in [2.45, 2.75) is 18.9 Å². The van der Waals surface area contributed by atoms with Crippen LogP contribution in [0.3, 0.4) is 0 Å². The Morgan fingerprint density at radius 1 is 1.40 bits per heavy atom. The summed E-state index contributed by atoms with van der Waals surface area (Å²) in [6.45, 7) is 5.52. The number of amides is 1. The summed E-state index contributed by atoms with van der Waals surface area (Å²) in [6, 6.07) is 0. The lowest BCUT2D eigenvalue weighted by Gasteiger charge is -2.36. The Morgan fingerprint density at radius 2 is 2.07 bits per heavy atom. The van der Waals surface area contributed by atoms with E-state index in [-0.39, 0.29) is 6.10 Å². The van der Waals surface area contributed by atoms with E-state index >= 15 is 0 Å². The molecule has 2 aliphatic rings. The van der Waals surface area contributed by atoms with Crippen LogP contribution in [0.4, 0.5) is 4.79 Å². The minimum absolute atomic E-state index is 0.0401. The molecule has 2 rings (SSSR count). The number of likely N-dealkylation sites (tertiary alicyclic amines) is 1. The van der Waals surface area contributed by atoms with Gasteiger partial charge < -0.3 is 20.7 Å². The van der Waals surface area contributed by atoms with Crippen LogP contribution in [-0.2, 0) is 4.74 Å². The van der Waals surface area contributed by atoms with Crippen LogP contribution in [0.15, 0.2) is 0 Å². The number of nitrogens with two attached hydrogens (primary N) is 1. The summed E-state index contributed by atoms with van der Waals surface area (Å²) in [5.74, 6) is 0.818. The van der Waals surface area contributed by atoms with Gasteiger partial charge in [-0.05, 0) is 18.8 Å². The molecule has 5 heteroatoms. The Labute approximate surface area is 89.9 Å². The van der Waals surface area contributed by atoms with Crippen molar-refractivity contribution in [3.63, 3.8) is 0 Å². The second kappa shape index (κ2) is 4.81. The lowest BCUT2D eigenvalue weighted by molar-refractivity contribution is 0.0485. The number of rotatable bonds is 3. The molecule has 2 fully saturated rings. The van der Waals surface area contributed by atoms with Crippen molar-refractivity contribution < 1.29 is 9.53 Å². The van der Waals surface area contributed by atoms with Crippen LogP contribution in [0.5, 0.6) is 0 Å². The van der Waals surface area contributed by atoms with Gasteiger partial charge in [-0.2, -0.15) is 0 Å². The maximum Gasteiger partial charge on any atom is 0.404 e. The predicted octanol–water partition coefficient (Wildman–Crippen LogP) is -0.234. The van der Waals surface area contributed by atoms with Gasteiger partial charge in [0.2, 0.25) is 0 Å². The van der Waals surface area contributed by atoms with Gasteiger partial charge in [0, 0.05) is 32.7 Å². The van der Waals surface area contributed by atoms with Gasteiger partial charge in [-0.25, -0.2) is 4.79 Å². The first-order valence-corrected chi connectivity index (χ1v) is 5.63. The van der Waals surface area contributed by atoms with E-state index in [9.17, 15) is 4.79 Å². The van der Waals surface area contributed by atoms with E-state index in [4.69, 9.17) is 10.5 Å². The minimum atomic E-state index is -0.642. The van der Waals surface area contributed by atoms with Gasteiger partial charge in [0.25, 0.3) is 0 Å². The van der Waals surface area contributed by atoms with Crippen LogP contribution in [0.1, 0.15) is 12.8 Å². The summed E-state index contributed by atoms with van der Waals surface area (Å²) in [7, 11) is 0. The van der Waals surface area contributed by atoms with Crippen LogP contribution in [0.2, 0.25) is 0 Å². The second-order valence-electron chi connectivity index (χ2n) is 4.46. The first-order valence-electron chi connectivity index (χ1n) is 5.63. The highest BCUT2D eigenvalue weighted by molar-refractivity contribution is 5.64. The molecule has 15 heavy (non-hydrogen) atoms. The highest BCUT2D eigenvalue weighted by Gasteiger charge is 2.25. The lowest BCUT2D eigenvalue weighted by atomic mass is 10.0. The number of nitrogens with one attached hydrogen (secondary N) is 1. The molecule has 2 aliphatic heterocycles. The summed E-state index contributed by atoms with van der Waals surface area (Å²) in [5, 5.41) is 3.27. The van der Waals surface area contributed by atoms with Crippen LogP contribution in [-0.4, -0.2) is 49.8 Å². The van der Waals surface area contributed by atoms with Crippen LogP contribution >= 0.6 is 0 Å². The maximum absolute atomic E-state index is 10.6. The molecule has 2 heterocycles. The zero-order valence-electron chi connectivity index (χ0n) is 8.95. The third-order valence-electron chi connectivity index (χ3n) is 3.20. The first kappa shape index (κ1) is 10.7. The monoisotopic (exact) mass is 213 g/mol. The molecule has 3 N–H and O–H groups in total. The van der Waals surface area contributed by atoms with Gasteiger partial charge >= 0.3 is 6.09 Å². The zero-order chi connectivity index (χ0) is 10.7. The third kappa shape index (κ3) is 3.07. The highest BCUT2D eigenvalue weighted by atomic mass is 16.6. The molecular weight excluding hydrogens is 194 g/mol. The van der Waals surface area contributed by atoms with Crippen LogP contribution in [0, 0.1) is 5.92 Å². The molecule has 2 saturated heterocycles. The smallest absolute Gasteiger partial charge is 0.404 e. The number of hydrogen-bond acceptors (Lipinski definition) is 4. The van der Waals surface area contributed by atoms with Gasteiger partial charge in [-0.15, -0.1) is 0 Å². The van der Waals surface area contributed by atoms with E-state index in [1.165, 1.54) is 6.54 Å². The molecule has 5 nitrogen and oxygen atoms in total.